The Morgan fingerprint density at radius 2 is 1.69 bits per heavy atom. The van der Waals surface area contributed by atoms with Crippen molar-refractivity contribution in [1.29, 1.82) is 16.2 Å². The van der Waals surface area contributed by atoms with Gasteiger partial charge in [-0.3, -0.25) is 36.0 Å². The fraction of sp³-hybridized carbons (Fsp3) is 0.351. The van der Waals surface area contributed by atoms with E-state index >= 15 is 0 Å². The third-order valence-corrected chi connectivity index (χ3v) is 9.21. The number of pyridine rings is 1. The molecule has 22 heteroatoms. The number of fused-ring (bicyclic) bond motifs is 1. The van der Waals surface area contributed by atoms with Crippen LogP contribution in [0.4, 0.5) is 45.3 Å². The van der Waals surface area contributed by atoms with Gasteiger partial charge in [-0.05, 0) is 63.4 Å². The monoisotopic (exact) mass is 859 g/mol. The molecule has 2 aromatic heterocycles. The minimum Gasteiger partial charge on any atom is -0.408 e. The van der Waals surface area contributed by atoms with Crippen molar-refractivity contribution in [1.82, 2.24) is 25.4 Å². The molecule has 59 heavy (non-hydrogen) atoms. The summed E-state index contributed by atoms with van der Waals surface area (Å²) in [5.74, 6) is -7.97. The Labute approximate surface area is 334 Å². The van der Waals surface area contributed by atoms with Crippen LogP contribution in [0.5, 0.6) is 0 Å². The Kier molecular flexibility index (Phi) is 12.7. The smallest absolute Gasteiger partial charge is 0.408 e. The summed E-state index contributed by atoms with van der Waals surface area (Å²) in [5, 5.41) is 44.7. The molecular formula is C37H35ClF9N9O3. The highest BCUT2D eigenvalue weighted by Gasteiger charge is 2.48. The first-order chi connectivity index (χ1) is 27.3. The SMILES string of the molecule is Cc1ccc(-c2ccc(Cl)c3c(NC(=N)OC(=N)C(C)(C)O)nn(CC(F)F)c23)c([C@H](Cc2cc(F)cc(F)c2)NC(=O)CNC2=C(C(=N)C(F)(F)F)CCC2(F)F)n1. The van der Waals surface area contributed by atoms with Crippen molar-refractivity contribution in [3.8, 4) is 11.1 Å². The van der Waals surface area contributed by atoms with Crippen molar-refractivity contribution in [2.75, 3.05) is 11.9 Å². The number of aryl methyl sites for hydroxylation is 1. The summed E-state index contributed by atoms with van der Waals surface area (Å²) in [7, 11) is 0. The highest BCUT2D eigenvalue weighted by Crippen LogP contribution is 2.42. The lowest BCUT2D eigenvalue weighted by atomic mass is 9.93. The number of hydrogen-bond acceptors (Lipinski definition) is 9. The van der Waals surface area contributed by atoms with Crippen LogP contribution < -0.4 is 16.0 Å². The third kappa shape index (κ3) is 10.3. The van der Waals surface area contributed by atoms with E-state index in [-0.39, 0.29) is 44.1 Å². The molecule has 1 atom stereocenters. The Balaban J connectivity index is 1.62. The van der Waals surface area contributed by atoms with Gasteiger partial charge in [0.2, 0.25) is 11.8 Å². The molecule has 0 bridgehead atoms. The number of rotatable bonds is 13. The molecule has 316 valence electrons. The summed E-state index contributed by atoms with van der Waals surface area (Å²) >= 11 is 6.57. The first kappa shape index (κ1) is 44.4. The number of benzene rings is 2. The molecule has 7 N–H and O–H groups in total. The molecular weight excluding hydrogens is 825 g/mol. The average molecular weight is 860 g/mol. The first-order valence-corrected chi connectivity index (χ1v) is 17.8. The van der Waals surface area contributed by atoms with Gasteiger partial charge < -0.3 is 20.5 Å². The van der Waals surface area contributed by atoms with Crippen LogP contribution in [0.3, 0.4) is 0 Å². The van der Waals surface area contributed by atoms with Crippen LogP contribution in [-0.4, -0.2) is 74.1 Å². The van der Waals surface area contributed by atoms with E-state index in [1.165, 1.54) is 38.1 Å². The summed E-state index contributed by atoms with van der Waals surface area (Å²) in [4.78, 5) is 18.1. The van der Waals surface area contributed by atoms with Crippen LogP contribution in [-0.2, 0) is 22.5 Å². The molecule has 5 rings (SSSR count). The van der Waals surface area contributed by atoms with Crippen LogP contribution in [0.25, 0.3) is 22.0 Å². The fourth-order valence-electron chi connectivity index (χ4n) is 6.28. The molecule has 0 fully saturated rings. The van der Waals surface area contributed by atoms with Crippen molar-refractivity contribution in [3.05, 3.63) is 87.3 Å². The molecule has 0 saturated heterocycles. The number of ether oxygens (including phenoxy) is 1. The molecule has 0 spiro atoms. The Morgan fingerprint density at radius 1 is 1.05 bits per heavy atom. The van der Waals surface area contributed by atoms with Gasteiger partial charge in [-0.1, -0.05) is 23.7 Å². The van der Waals surface area contributed by atoms with Crippen LogP contribution in [0.1, 0.15) is 49.7 Å². The van der Waals surface area contributed by atoms with E-state index in [0.29, 0.717) is 11.8 Å². The molecule has 0 radical (unpaired) electrons. The molecule has 0 saturated carbocycles. The number of aromatic nitrogens is 3. The van der Waals surface area contributed by atoms with Crippen molar-refractivity contribution in [2.45, 2.75) is 76.7 Å². The Hall–Kier alpha value is -5.70. The van der Waals surface area contributed by atoms with Gasteiger partial charge >= 0.3 is 6.18 Å². The number of nitrogens with one attached hydrogen (secondary N) is 6. The normalized spacial score (nSPS) is 14.8. The number of halogens is 10. The van der Waals surface area contributed by atoms with E-state index in [0.717, 1.165) is 16.8 Å². The van der Waals surface area contributed by atoms with Crippen LogP contribution in [0.15, 0.2) is 53.7 Å². The van der Waals surface area contributed by atoms with Crippen molar-refractivity contribution in [2.24, 2.45) is 0 Å². The zero-order chi connectivity index (χ0) is 43.8. The molecule has 0 aliphatic heterocycles. The molecule has 1 amide bonds. The predicted octanol–water partition coefficient (Wildman–Crippen LogP) is 7.97. The molecule has 1 aliphatic carbocycles. The summed E-state index contributed by atoms with van der Waals surface area (Å²) in [6.07, 6.45) is -10.5. The summed E-state index contributed by atoms with van der Waals surface area (Å²) in [5.41, 5.74) is -5.74. The zero-order valence-electron chi connectivity index (χ0n) is 31.1. The number of amides is 1. The number of nitrogens with zero attached hydrogens (tertiary/aromatic N) is 3. The van der Waals surface area contributed by atoms with E-state index in [1.54, 1.807) is 6.92 Å². The van der Waals surface area contributed by atoms with E-state index in [4.69, 9.17) is 32.6 Å². The highest BCUT2D eigenvalue weighted by atomic mass is 35.5. The molecule has 1 aliphatic rings. The molecule has 12 nitrogen and oxygen atoms in total. The topological polar surface area (TPSA) is 185 Å². The standard InChI is InChI=1S/C37H35ClF9N9O3/c1-16-4-5-20(21-6-7-23(38)27-29(21)56(15-25(41)42)55-32(27)54-34(50)59-33(49)35(2,3)58)28(52-16)24(12-17-10-18(39)13-19(40)11-17)53-26(57)14-51-31-22(8-9-36(31,43)44)30(48)37(45,46)47/h4-7,10-11,13,24-25,48-49,51,58H,8-9,12,14-15H2,1-3H3,(H,53,57)(H2,50,54,55)/t24-/m0/s1. The highest BCUT2D eigenvalue weighted by molar-refractivity contribution is 6.37. The van der Waals surface area contributed by atoms with Gasteiger partial charge in [-0.15, -0.1) is 0 Å². The molecule has 2 aromatic carbocycles. The maximum absolute atomic E-state index is 14.8. The van der Waals surface area contributed by atoms with Gasteiger partial charge in [-0.25, -0.2) is 17.6 Å². The van der Waals surface area contributed by atoms with Crippen LogP contribution in [0, 0.1) is 34.8 Å². The van der Waals surface area contributed by atoms with Gasteiger partial charge in [0.25, 0.3) is 18.4 Å². The van der Waals surface area contributed by atoms with E-state index in [1.807, 2.05) is 5.32 Å². The second-order valence-electron chi connectivity index (χ2n) is 14.0. The number of allylic oxidation sites excluding steroid dienone is 2. The largest absolute Gasteiger partial charge is 0.433 e. The quantitative estimate of drug-likeness (QED) is 0.0404. The Morgan fingerprint density at radius 3 is 2.31 bits per heavy atom. The number of alkyl halides is 7. The first-order valence-electron chi connectivity index (χ1n) is 17.4. The number of hydrogen-bond donors (Lipinski definition) is 7. The maximum atomic E-state index is 14.8. The Bertz CT molecular complexity index is 2340. The summed E-state index contributed by atoms with van der Waals surface area (Å²) in [6, 6.07) is 5.96. The number of aliphatic hydroxyl groups is 1. The van der Waals surface area contributed by atoms with Crippen molar-refractivity contribution < 1.29 is 54.2 Å². The van der Waals surface area contributed by atoms with Gasteiger partial charge in [-0.2, -0.15) is 27.1 Å². The molecule has 4 aromatic rings. The third-order valence-electron chi connectivity index (χ3n) is 8.89. The van der Waals surface area contributed by atoms with Crippen LogP contribution >= 0.6 is 11.6 Å². The maximum Gasteiger partial charge on any atom is 0.433 e. The second kappa shape index (κ2) is 16.9. The average Bonchev–Trinajstić information content (AvgIpc) is 3.60. The number of anilines is 1. The molecule has 2 heterocycles. The number of carbonyl (C=O) groups is 1. The lowest BCUT2D eigenvalue weighted by Crippen LogP contribution is -2.40. The van der Waals surface area contributed by atoms with E-state index in [9.17, 15) is 49.4 Å². The van der Waals surface area contributed by atoms with Gasteiger partial charge in [0, 0.05) is 34.9 Å². The summed E-state index contributed by atoms with van der Waals surface area (Å²) in [6.45, 7) is 1.90. The van der Waals surface area contributed by atoms with Crippen molar-refractivity contribution >= 4 is 51.9 Å². The predicted molar refractivity (Wildman–Crippen MR) is 199 cm³/mol. The minimum atomic E-state index is -5.26. The number of carbonyl (C=O) groups excluding carboxylic acids is 1. The van der Waals surface area contributed by atoms with Crippen molar-refractivity contribution in [3.63, 3.8) is 0 Å². The van der Waals surface area contributed by atoms with Gasteiger partial charge in [0.05, 0.1) is 39.9 Å². The second-order valence-corrected chi connectivity index (χ2v) is 14.4. The van der Waals surface area contributed by atoms with E-state index in [2.05, 4.69) is 20.7 Å². The van der Waals surface area contributed by atoms with Gasteiger partial charge in [0.15, 0.2) is 5.82 Å². The lowest BCUT2D eigenvalue weighted by Gasteiger charge is -2.24. The zero-order valence-corrected chi connectivity index (χ0v) is 31.9. The summed E-state index contributed by atoms with van der Waals surface area (Å²) < 4.78 is 132. The fourth-order valence-corrected chi connectivity index (χ4v) is 6.52. The van der Waals surface area contributed by atoms with Crippen LogP contribution in [0.2, 0.25) is 5.02 Å². The van der Waals surface area contributed by atoms with E-state index < -0.39 is 109 Å². The van der Waals surface area contributed by atoms with Gasteiger partial charge in [0.1, 0.15) is 29.5 Å². The molecule has 0 unspecified atom stereocenters. The number of amidine groups is 1. The minimum absolute atomic E-state index is 0.0356. The lowest BCUT2D eigenvalue weighted by molar-refractivity contribution is -0.121.